The Kier molecular flexibility index (Phi) is 7.15. The van der Waals surface area contributed by atoms with Gasteiger partial charge in [-0.3, -0.25) is 0 Å². The summed E-state index contributed by atoms with van der Waals surface area (Å²) in [5.41, 5.74) is 0.909. The largest absolute Gasteiger partial charge is 0.378 e. The van der Waals surface area contributed by atoms with Gasteiger partial charge < -0.3 is 9.47 Å². The Morgan fingerprint density at radius 1 is 1.15 bits per heavy atom. The van der Waals surface area contributed by atoms with E-state index >= 15 is 0 Å². The van der Waals surface area contributed by atoms with E-state index in [-0.39, 0.29) is 17.8 Å². The summed E-state index contributed by atoms with van der Waals surface area (Å²) < 4.78 is 33.4. The summed E-state index contributed by atoms with van der Waals surface area (Å²) in [6, 6.07) is 9.38. The highest BCUT2D eigenvalue weighted by atomic mass is 32.2. The fourth-order valence-electron chi connectivity index (χ4n) is 1.81. The van der Waals surface area contributed by atoms with Crippen LogP contribution in [0, 0.1) is 0 Å². The normalized spacial score (nSPS) is 13.6. The molecule has 1 rings (SSSR count). The van der Waals surface area contributed by atoms with Crippen LogP contribution in [0.4, 0.5) is 0 Å². The van der Waals surface area contributed by atoms with Gasteiger partial charge in [0.2, 0.25) is 10.0 Å². The molecule has 0 aliphatic carbocycles. The molecular formula is C14H23NO4S. The second-order valence-corrected chi connectivity index (χ2v) is 6.59. The van der Waals surface area contributed by atoms with E-state index in [0.717, 1.165) is 5.56 Å². The van der Waals surface area contributed by atoms with Gasteiger partial charge >= 0.3 is 0 Å². The molecule has 1 unspecified atom stereocenters. The maximum Gasteiger partial charge on any atom is 0.209 e. The van der Waals surface area contributed by atoms with Crippen LogP contribution >= 0.6 is 0 Å². The van der Waals surface area contributed by atoms with Crippen molar-refractivity contribution in [3.05, 3.63) is 35.9 Å². The molecule has 1 aromatic carbocycles. The van der Waals surface area contributed by atoms with Crippen molar-refractivity contribution in [3.8, 4) is 0 Å². The zero-order valence-corrected chi connectivity index (χ0v) is 12.8. The fraction of sp³-hybridized carbons (Fsp3) is 0.571. The number of hydrogen-bond acceptors (Lipinski definition) is 4. The molecule has 0 amide bonds. The van der Waals surface area contributed by atoms with Crippen LogP contribution in [0.25, 0.3) is 0 Å². The first-order valence-corrected chi connectivity index (χ1v) is 8.35. The predicted octanol–water partition coefficient (Wildman–Crippen LogP) is 1.50. The number of sulfonamides is 1. The SMILES string of the molecule is CC(C)OCCOCC(CS(N)(=O)=O)c1ccccc1. The van der Waals surface area contributed by atoms with Crippen LogP contribution in [0.3, 0.4) is 0 Å². The first kappa shape index (κ1) is 17.1. The predicted molar refractivity (Wildman–Crippen MR) is 79.1 cm³/mol. The molecule has 0 bridgehead atoms. The van der Waals surface area contributed by atoms with Crippen molar-refractivity contribution in [2.24, 2.45) is 5.14 Å². The minimum atomic E-state index is -3.54. The minimum Gasteiger partial charge on any atom is -0.378 e. The molecule has 0 aromatic heterocycles. The average molecular weight is 301 g/mol. The van der Waals surface area contributed by atoms with E-state index in [0.29, 0.717) is 19.8 Å². The molecule has 2 N–H and O–H groups in total. The summed E-state index contributed by atoms with van der Waals surface area (Å²) in [7, 11) is -3.54. The van der Waals surface area contributed by atoms with Crippen LogP contribution in [0.15, 0.2) is 30.3 Å². The quantitative estimate of drug-likeness (QED) is 0.701. The number of nitrogens with two attached hydrogens (primary N) is 1. The van der Waals surface area contributed by atoms with Gasteiger partial charge in [-0.25, -0.2) is 13.6 Å². The third-order valence-electron chi connectivity index (χ3n) is 2.70. The topological polar surface area (TPSA) is 78.6 Å². The lowest BCUT2D eigenvalue weighted by Gasteiger charge is -2.17. The molecule has 0 fully saturated rings. The standard InChI is InChI=1S/C14H23NO4S/c1-12(2)19-9-8-18-10-14(11-20(15,16)17)13-6-4-3-5-7-13/h3-7,12,14H,8-11H2,1-2H3,(H2,15,16,17). The molecule has 0 spiro atoms. The third kappa shape index (κ3) is 7.59. The summed E-state index contributed by atoms with van der Waals surface area (Å²) in [6.45, 7) is 5.14. The summed E-state index contributed by atoms with van der Waals surface area (Å²) in [5.74, 6) is -0.382. The zero-order valence-electron chi connectivity index (χ0n) is 12.0. The van der Waals surface area contributed by atoms with E-state index < -0.39 is 10.0 Å². The molecule has 1 aromatic rings. The first-order chi connectivity index (χ1) is 9.38. The van der Waals surface area contributed by atoms with E-state index in [9.17, 15) is 8.42 Å². The van der Waals surface area contributed by atoms with Crippen molar-refractivity contribution in [3.63, 3.8) is 0 Å². The third-order valence-corrected chi connectivity index (χ3v) is 3.57. The molecule has 1 atom stereocenters. The molecule has 0 radical (unpaired) electrons. The van der Waals surface area contributed by atoms with Crippen molar-refractivity contribution in [2.75, 3.05) is 25.6 Å². The molecular weight excluding hydrogens is 278 g/mol. The lowest BCUT2D eigenvalue weighted by molar-refractivity contribution is 0.0169. The van der Waals surface area contributed by atoms with E-state index in [1.54, 1.807) is 0 Å². The van der Waals surface area contributed by atoms with Gasteiger partial charge in [0.05, 0.1) is 31.7 Å². The van der Waals surface area contributed by atoms with Crippen molar-refractivity contribution in [1.82, 2.24) is 0 Å². The molecule has 20 heavy (non-hydrogen) atoms. The summed E-state index contributed by atoms with van der Waals surface area (Å²) in [6.07, 6.45) is 0.160. The number of hydrogen-bond donors (Lipinski definition) is 1. The monoisotopic (exact) mass is 301 g/mol. The van der Waals surface area contributed by atoms with Gasteiger partial charge in [-0.05, 0) is 19.4 Å². The van der Waals surface area contributed by atoms with Gasteiger partial charge in [0, 0.05) is 5.92 Å². The van der Waals surface area contributed by atoms with Crippen LogP contribution in [-0.4, -0.2) is 40.1 Å². The second-order valence-electron chi connectivity index (χ2n) is 4.93. The molecule has 0 aliphatic rings. The Balaban J connectivity index is 2.52. The number of ether oxygens (including phenoxy) is 2. The highest BCUT2D eigenvalue weighted by molar-refractivity contribution is 7.89. The average Bonchev–Trinajstić information content (AvgIpc) is 2.36. The van der Waals surface area contributed by atoms with Crippen LogP contribution in [0.2, 0.25) is 0 Å². The summed E-state index contributed by atoms with van der Waals surface area (Å²) in [4.78, 5) is 0. The summed E-state index contributed by atoms with van der Waals surface area (Å²) in [5, 5.41) is 5.14. The van der Waals surface area contributed by atoms with Crippen molar-refractivity contribution in [1.29, 1.82) is 0 Å². The molecule has 114 valence electrons. The van der Waals surface area contributed by atoms with Gasteiger partial charge in [-0.2, -0.15) is 0 Å². The Morgan fingerprint density at radius 3 is 2.35 bits per heavy atom. The lowest BCUT2D eigenvalue weighted by atomic mass is 10.0. The maximum atomic E-state index is 11.3. The highest BCUT2D eigenvalue weighted by Gasteiger charge is 2.18. The second kappa shape index (κ2) is 8.36. The Bertz CT molecular complexity index is 473. The first-order valence-electron chi connectivity index (χ1n) is 6.63. The van der Waals surface area contributed by atoms with E-state index in [2.05, 4.69) is 0 Å². The van der Waals surface area contributed by atoms with Crippen LogP contribution in [-0.2, 0) is 19.5 Å². The molecule has 0 heterocycles. The van der Waals surface area contributed by atoms with Crippen molar-refractivity contribution < 1.29 is 17.9 Å². The Hall–Kier alpha value is -0.950. The molecule has 0 aliphatic heterocycles. The van der Waals surface area contributed by atoms with Gasteiger partial charge in [0.25, 0.3) is 0 Å². The molecule has 6 heteroatoms. The summed E-state index contributed by atoms with van der Waals surface area (Å²) >= 11 is 0. The number of rotatable bonds is 9. The van der Waals surface area contributed by atoms with Gasteiger partial charge in [0.15, 0.2) is 0 Å². The maximum absolute atomic E-state index is 11.3. The van der Waals surface area contributed by atoms with Crippen LogP contribution in [0.5, 0.6) is 0 Å². The van der Waals surface area contributed by atoms with E-state index in [1.807, 2.05) is 44.2 Å². The Morgan fingerprint density at radius 2 is 1.80 bits per heavy atom. The number of primary sulfonamides is 1. The highest BCUT2D eigenvalue weighted by Crippen LogP contribution is 2.17. The van der Waals surface area contributed by atoms with Gasteiger partial charge in [-0.15, -0.1) is 0 Å². The smallest absolute Gasteiger partial charge is 0.209 e. The van der Waals surface area contributed by atoms with E-state index in [1.165, 1.54) is 0 Å². The lowest BCUT2D eigenvalue weighted by Crippen LogP contribution is -2.25. The van der Waals surface area contributed by atoms with Gasteiger partial charge in [-0.1, -0.05) is 30.3 Å². The van der Waals surface area contributed by atoms with Crippen molar-refractivity contribution in [2.45, 2.75) is 25.9 Å². The zero-order chi connectivity index (χ0) is 15.0. The molecule has 5 nitrogen and oxygen atoms in total. The number of benzene rings is 1. The minimum absolute atomic E-state index is 0.123. The molecule has 0 saturated heterocycles. The van der Waals surface area contributed by atoms with Crippen LogP contribution in [0.1, 0.15) is 25.3 Å². The van der Waals surface area contributed by atoms with Gasteiger partial charge in [0.1, 0.15) is 0 Å². The fourth-order valence-corrected chi connectivity index (χ4v) is 2.66. The molecule has 0 saturated carbocycles. The Labute approximate surface area is 121 Å². The van der Waals surface area contributed by atoms with E-state index in [4.69, 9.17) is 14.6 Å². The van der Waals surface area contributed by atoms with Crippen LogP contribution < -0.4 is 5.14 Å². The van der Waals surface area contributed by atoms with Crippen molar-refractivity contribution >= 4 is 10.0 Å².